The van der Waals surface area contributed by atoms with E-state index in [1.807, 2.05) is 6.26 Å². The summed E-state index contributed by atoms with van der Waals surface area (Å²) < 4.78 is 61.3. The van der Waals surface area contributed by atoms with Gasteiger partial charge in [0, 0.05) is 26.7 Å². The summed E-state index contributed by atoms with van der Waals surface area (Å²) in [6, 6.07) is 0. The number of aromatic nitrogens is 3. The second-order valence-corrected chi connectivity index (χ2v) is 16.0. The van der Waals surface area contributed by atoms with Crippen molar-refractivity contribution in [3.05, 3.63) is 18.1 Å². The van der Waals surface area contributed by atoms with E-state index >= 15 is 0 Å². The van der Waals surface area contributed by atoms with Crippen LogP contribution in [-0.4, -0.2) is 96.5 Å². The Kier molecular flexibility index (Phi) is 12.8. The van der Waals surface area contributed by atoms with Crippen LogP contribution < -0.4 is 5.73 Å². The summed E-state index contributed by atoms with van der Waals surface area (Å²) in [5.41, 5.74) is 6.19. The van der Waals surface area contributed by atoms with E-state index in [4.69, 9.17) is 29.5 Å². The molecule has 240 valence electrons. The normalized spacial score (nSPS) is 22.7. The first-order valence-electron chi connectivity index (χ1n) is 12.1. The second kappa shape index (κ2) is 15.3. The van der Waals surface area contributed by atoms with E-state index in [0.717, 1.165) is 0 Å². The Morgan fingerprint density at radius 2 is 1.98 bits per heavy atom. The molecule has 0 amide bonds. The third kappa shape index (κ3) is 10.9. The summed E-state index contributed by atoms with van der Waals surface area (Å²) in [7, 11) is -10.2. The highest BCUT2D eigenvalue weighted by atomic mass is 33.1. The van der Waals surface area contributed by atoms with Crippen LogP contribution in [0.4, 0.5) is 5.82 Å². The summed E-state index contributed by atoms with van der Waals surface area (Å²) in [5, 5.41) is 0.533. The molecule has 1 aliphatic rings. The molecule has 0 aliphatic carbocycles. The number of phosphoric ester groups is 1. The predicted octanol–water partition coefficient (Wildman–Crippen LogP) is 2.34. The Morgan fingerprint density at radius 3 is 2.60 bits per heavy atom. The molecule has 2 aromatic heterocycles. The zero-order valence-corrected chi connectivity index (χ0v) is 27.5. The topological polar surface area (TPSA) is 251 Å². The van der Waals surface area contributed by atoms with Crippen LogP contribution in [0.25, 0.3) is 11.0 Å². The number of fused-ring (bicyclic) bond motifs is 1. The van der Waals surface area contributed by atoms with Gasteiger partial charge in [0.2, 0.25) is 0 Å². The zero-order valence-electron chi connectivity index (χ0n) is 23.2. The van der Waals surface area contributed by atoms with Crippen LogP contribution in [0.3, 0.4) is 0 Å². The van der Waals surface area contributed by atoms with Crippen molar-refractivity contribution < 1.29 is 55.9 Å². The molecule has 1 saturated heterocycles. The molecule has 0 saturated carbocycles. The first kappa shape index (κ1) is 36.1. The summed E-state index contributed by atoms with van der Waals surface area (Å²) in [6.07, 6.45) is 4.13. The van der Waals surface area contributed by atoms with E-state index in [1.165, 1.54) is 27.9 Å². The average Bonchev–Trinajstić information content (AvgIpc) is 3.44. The lowest BCUT2D eigenvalue weighted by Crippen LogP contribution is -2.30. The minimum absolute atomic E-state index is 0.0974. The highest BCUT2D eigenvalue weighted by Gasteiger charge is 2.44. The first-order valence-corrected chi connectivity index (χ1v) is 19.2. The van der Waals surface area contributed by atoms with Gasteiger partial charge in [0.15, 0.2) is 5.82 Å². The largest absolute Gasteiger partial charge is 0.490 e. The van der Waals surface area contributed by atoms with E-state index in [0.29, 0.717) is 22.4 Å². The van der Waals surface area contributed by atoms with Gasteiger partial charge < -0.3 is 44.2 Å². The molecule has 3 rings (SSSR count). The zero-order chi connectivity index (χ0) is 32.0. The van der Waals surface area contributed by atoms with Crippen molar-refractivity contribution in [1.29, 1.82) is 0 Å². The van der Waals surface area contributed by atoms with Gasteiger partial charge in [-0.25, -0.2) is 28.7 Å². The lowest BCUT2D eigenvalue weighted by atomic mass is 10.2. The van der Waals surface area contributed by atoms with Crippen molar-refractivity contribution in [3.8, 4) is 11.8 Å². The molecular formula is C20H31N6O12P3S2. The first-order chi connectivity index (χ1) is 20.0. The molecule has 23 heteroatoms. The van der Waals surface area contributed by atoms with Gasteiger partial charge in [-0.2, -0.15) is 8.62 Å². The van der Waals surface area contributed by atoms with E-state index in [9.17, 15) is 23.5 Å². The average molecular weight is 705 g/mol. The van der Waals surface area contributed by atoms with Crippen molar-refractivity contribution in [2.75, 3.05) is 33.5 Å². The van der Waals surface area contributed by atoms with E-state index in [2.05, 4.69) is 35.4 Å². The Morgan fingerprint density at radius 1 is 1.26 bits per heavy atom. The smallest absolute Gasteiger partial charge is 0.369 e. The van der Waals surface area contributed by atoms with Crippen LogP contribution >= 0.6 is 45.1 Å². The minimum Gasteiger partial charge on any atom is -0.369 e. The van der Waals surface area contributed by atoms with Gasteiger partial charge in [-0.05, 0) is 13.2 Å². The molecule has 1 aliphatic heterocycles. The van der Waals surface area contributed by atoms with Gasteiger partial charge in [0.05, 0.1) is 36.5 Å². The SMILES string of the molecule is CSS[C@@H](C)O[C@@H]1C[C@H](n2cc(C#CCN)c3c(N=CN(C)C)ncnc32)O[C@@H]1COP(=O)(O)OP(=O)(O)OP(=O)(O)O. The third-order valence-corrected chi connectivity index (χ3v) is 11.0. The summed E-state index contributed by atoms with van der Waals surface area (Å²) in [5.74, 6) is 6.14. The number of ether oxygens (including phenoxy) is 2. The summed E-state index contributed by atoms with van der Waals surface area (Å²) in [4.78, 5) is 51.7. The molecule has 1 fully saturated rings. The van der Waals surface area contributed by atoms with Crippen LogP contribution in [0.1, 0.15) is 25.1 Å². The molecule has 0 radical (unpaired) electrons. The molecule has 3 heterocycles. The van der Waals surface area contributed by atoms with Gasteiger partial charge in [-0.1, -0.05) is 33.4 Å². The maximum Gasteiger partial charge on any atom is 0.490 e. The van der Waals surface area contributed by atoms with E-state index in [1.54, 1.807) is 43.0 Å². The van der Waals surface area contributed by atoms with E-state index in [-0.39, 0.29) is 18.4 Å². The monoisotopic (exact) mass is 704 g/mol. The molecule has 6 atom stereocenters. The molecule has 6 N–H and O–H groups in total. The molecule has 43 heavy (non-hydrogen) atoms. The summed E-state index contributed by atoms with van der Waals surface area (Å²) in [6.45, 7) is 1.20. The van der Waals surface area contributed by atoms with Gasteiger partial charge in [-0.3, -0.25) is 4.52 Å². The Balaban J connectivity index is 1.92. The molecule has 18 nitrogen and oxygen atoms in total. The van der Waals surface area contributed by atoms with Gasteiger partial charge >= 0.3 is 23.5 Å². The molecule has 0 spiro atoms. The number of hydrogen-bond acceptors (Lipinski definition) is 14. The Bertz CT molecular complexity index is 1510. The van der Waals surface area contributed by atoms with Crippen LogP contribution in [0.2, 0.25) is 0 Å². The van der Waals surface area contributed by atoms with E-state index < -0.39 is 48.5 Å². The van der Waals surface area contributed by atoms with Crippen LogP contribution in [0, 0.1) is 11.8 Å². The minimum atomic E-state index is -5.69. The van der Waals surface area contributed by atoms with Gasteiger partial charge in [0.25, 0.3) is 0 Å². The number of nitrogens with zero attached hydrogens (tertiary/aromatic N) is 5. The van der Waals surface area contributed by atoms with Crippen LogP contribution in [0.15, 0.2) is 17.5 Å². The lowest BCUT2D eigenvalue weighted by molar-refractivity contribution is -0.0616. The van der Waals surface area contributed by atoms with Crippen molar-refractivity contribution in [2.45, 2.75) is 37.2 Å². The van der Waals surface area contributed by atoms with Crippen LogP contribution in [0.5, 0.6) is 0 Å². The summed E-state index contributed by atoms with van der Waals surface area (Å²) >= 11 is 0. The number of nitrogens with two attached hydrogens (primary N) is 1. The Labute approximate surface area is 254 Å². The quantitative estimate of drug-likeness (QED) is 0.0472. The van der Waals surface area contributed by atoms with Crippen molar-refractivity contribution >= 4 is 68.2 Å². The fourth-order valence-electron chi connectivity index (χ4n) is 3.84. The molecular weight excluding hydrogens is 673 g/mol. The highest BCUT2D eigenvalue weighted by Crippen LogP contribution is 2.66. The van der Waals surface area contributed by atoms with Crippen molar-refractivity contribution in [3.63, 3.8) is 0 Å². The van der Waals surface area contributed by atoms with Crippen molar-refractivity contribution in [2.24, 2.45) is 10.7 Å². The molecule has 0 bridgehead atoms. The number of phosphoric acid groups is 3. The molecule has 0 aromatic carbocycles. The lowest BCUT2D eigenvalue weighted by Gasteiger charge is -2.23. The standard InChI is InChI=1S/C20H31N6O12P3S2/c1-13(43-42-4)35-15-8-17(36-16(15)10-34-40(30,31)38-41(32,33)37-39(27,28)29)26-9-14(6-5-7-21)18-19(24-12-25(2)3)22-11-23-20(18)26/h9,11-13,15-17H,7-8,10,21H2,1-4H3,(H,30,31)(H,32,33)(H2,27,28,29)/t13-,15+,16+,17+/m0/s1. The maximum atomic E-state index is 12.4. The fraction of sp³-hybridized carbons (Fsp3) is 0.550. The molecule has 2 aromatic rings. The van der Waals surface area contributed by atoms with Gasteiger partial charge in [0.1, 0.15) is 29.7 Å². The third-order valence-electron chi connectivity index (χ3n) is 5.23. The maximum absolute atomic E-state index is 12.4. The number of hydrogen-bond donors (Lipinski definition) is 5. The van der Waals surface area contributed by atoms with Crippen molar-refractivity contribution in [1.82, 2.24) is 19.4 Å². The fourth-order valence-corrected chi connectivity index (χ4v) is 8.28. The predicted molar refractivity (Wildman–Crippen MR) is 159 cm³/mol. The number of aliphatic imine (C=N–C) groups is 1. The Hall–Kier alpha value is -1.36. The van der Waals surface area contributed by atoms with Crippen LogP contribution in [-0.2, 0) is 36.3 Å². The molecule has 2 unspecified atom stereocenters. The number of rotatable bonds is 14. The van der Waals surface area contributed by atoms with Gasteiger partial charge in [-0.15, -0.1) is 0 Å². The highest BCUT2D eigenvalue weighted by molar-refractivity contribution is 8.76. The second-order valence-electron chi connectivity index (χ2n) is 8.82.